The molecule has 0 radical (unpaired) electrons. The van der Waals surface area contributed by atoms with Gasteiger partial charge in [-0.05, 0) is 78.1 Å². The quantitative estimate of drug-likeness (QED) is 0.160. The molecule has 3 rings (SSSR count). The number of hydrogen-bond donors (Lipinski definition) is 0. The molecule has 0 heterocycles. The third-order valence-corrected chi connectivity index (χ3v) is 7.03. The van der Waals surface area contributed by atoms with Crippen LogP contribution in [0.1, 0.15) is 0 Å². The second-order valence-electron chi connectivity index (χ2n) is 6.19. The molecule has 0 bridgehead atoms. The van der Waals surface area contributed by atoms with Gasteiger partial charge in [0.2, 0.25) is 17.1 Å². The zero-order valence-electron chi connectivity index (χ0n) is 15.2. The molecule has 1 unspecified atom stereocenters. The van der Waals surface area contributed by atoms with E-state index in [0.29, 0.717) is 0 Å². The van der Waals surface area contributed by atoms with Gasteiger partial charge in [-0.3, -0.25) is 0 Å². The van der Waals surface area contributed by atoms with Crippen LogP contribution in [0.3, 0.4) is 0 Å². The van der Waals surface area contributed by atoms with Crippen molar-refractivity contribution in [2.24, 2.45) is 0 Å². The summed E-state index contributed by atoms with van der Waals surface area (Å²) in [4.78, 5) is 0.217. The van der Waals surface area contributed by atoms with Gasteiger partial charge in [-0.15, -0.1) is 0 Å². The first kappa shape index (κ1) is 31.2. The molecule has 0 aromatic heterocycles. The molecule has 2 aromatic carbocycles. The van der Waals surface area contributed by atoms with Crippen LogP contribution in [0.25, 0.3) is 0 Å². The number of allylic oxidation sites excluding steroid dienone is 4. The van der Waals surface area contributed by atoms with E-state index in [2.05, 4.69) is 131 Å². The van der Waals surface area contributed by atoms with Crippen molar-refractivity contribution in [3.63, 3.8) is 0 Å². The number of alkyl halides is 1. The van der Waals surface area contributed by atoms with Crippen LogP contribution < -0.4 is 4.58 Å². The summed E-state index contributed by atoms with van der Waals surface area (Å²) in [5.74, 6) is 0. The van der Waals surface area contributed by atoms with Crippen molar-refractivity contribution in [3.8, 4) is 0 Å². The van der Waals surface area contributed by atoms with Crippen LogP contribution in [0, 0.1) is 0 Å². The van der Waals surface area contributed by atoms with Crippen LogP contribution in [-0.2, 0) is 0 Å². The van der Waals surface area contributed by atoms with Gasteiger partial charge in [-0.25, -0.2) is 0 Å². The zero-order valence-corrected chi connectivity index (χ0v) is 31.8. The molecule has 0 saturated heterocycles. The van der Waals surface area contributed by atoms with E-state index in [1.54, 1.807) is 0 Å². The van der Waals surface area contributed by atoms with Crippen molar-refractivity contribution in [3.05, 3.63) is 77.0 Å². The summed E-state index contributed by atoms with van der Waals surface area (Å²) in [6, 6.07) is 12.4. The Morgan fingerprint density at radius 1 is 0.719 bits per heavy atom. The van der Waals surface area contributed by atoms with E-state index in [-0.39, 0.29) is 4.83 Å². The van der Waals surface area contributed by atoms with Gasteiger partial charge in [0.15, 0.2) is 0 Å². The minimum absolute atomic E-state index is 0.217. The molecule has 32 heavy (non-hydrogen) atoms. The van der Waals surface area contributed by atoms with Crippen molar-refractivity contribution in [1.82, 2.24) is 4.58 Å². The molecular weight excluding hydrogens is 1040 g/mol. The maximum absolute atomic E-state index is 5.42. The summed E-state index contributed by atoms with van der Waals surface area (Å²) in [6.07, 6.45) is 6.36. The van der Waals surface area contributed by atoms with Crippen molar-refractivity contribution in [1.29, 1.82) is 0 Å². The van der Waals surface area contributed by atoms with E-state index in [4.69, 9.17) is 53.0 Å². The third kappa shape index (κ3) is 11.6. The molecule has 1 nitrogen and oxygen atoms in total. The average molecular weight is 1050 g/mol. The fourth-order valence-electron chi connectivity index (χ4n) is 2.44. The Morgan fingerprint density at radius 2 is 1.12 bits per heavy atom. The Hall–Kier alpha value is 3.03. The Kier molecular flexibility index (Phi) is 11.1. The van der Waals surface area contributed by atoms with Crippen LogP contribution in [-0.4, -0.2) is 19.7 Å². The van der Waals surface area contributed by atoms with E-state index in [1.165, 1.54) is 0 Å². The number of rotatable bonds is 2. The van der Waals surface area contributed by atoms with E-state index in [9.17, 15) is 0 Å². The van der Waals surface area contributed by atoms with Crippen LogP contribution in [0.2, 0.25) is 0 Å². The second-order valence-corrected chi connectivity index (χ2v) is 68.5. The molecule has 0 aliphatic heterocycles. The molecule has 0 fully saturated rings. The minimum atomic E-state index is -5.42. The predicted molar refractivity (Wildman–Crippen MR) is 170 cm³/mol. The van der Waals surface area contributed by atoms with Crippen LogP contribution >= 0.6 is 149 Å². The van der Waals surface area contributed by atoms with Crippen molar-refractivity contribution >= 4 is 175 Å². The molecule has 176 valence electrons. The summed E-state index contributed by atoms with van der Waals surface area (Å²) in [6.45, 7) is 0. The Labute approximate surface area is 256 Å². The number of halogens is 12. The first-order valence-electron chi connectivity index (χ1n) is 8.15. The molecule has 1 aliphatic rings. The summed E-state index contributed by atoms with van der Waals surface area (Å²) in [7, 11) is 25.0. The molecule has 2 aromatic rings. The number of hydrogen-bond acceptors (Lipinski definition) is 0. The first-order valence-corrected chi connectivity index (χ1v) is 32.4. The third-order valence-electron chi connectivity index (χ3n) is 3.53. The molecule has 0 N–H and O–H groups in total. The summed E-state index contributed by atoms with van der Waals surface area (Å²) < 4.78 is 7.29. The van der Waals surface area contributed by atoms with E-state index >= 15 is 0 Å². The van der Waals surface area contributed by atoms with Crippen LogP contribution in [0.15, 0.2) is 77.0 Å². The summed E-state index contributed by atoms with van der Waals surface area (Å²) in [5, 5.41) is 0. The van der Waals surface area contributed by atoms with Crippen LogP contribution in [0.4, 0.5) is 11.4 Å². The molecular formula is C18H10Br6Cl6NSb. The average Bonchev–Trinajstić information content (AvgIpc) is 2.57. The topological polar surface area (TPSA) is 3.01 Å². The standard InChI is InChI=1S/C18H10Br6N.6ClH.Sb/c19-10-1-4-16(13(22)7-10)25(17-5-2-11(20)8-14(17)23)18-6-3-12(21)9-15(18)24;;;;;;;/h1-10H;6*1H;/q+1;;;;;;;+5/p-6. The SMILES string of the molecule is BrC1=CC(Br)C=CC1=[N+](c1ccc(Br)cc1Br)c1ccc(Br)cc1Br.[Cl][Sb-]([Cl])([Cl])([Cl])([Cl])[Cl]. The van der Waals surface area contributed by atoms with E-state index in [0.717, 1.165) is 39.5 Å². The summed E-state index contributed by atoms with van der Waals surface area (Å²) >= 11 is 21.8. The molecule has 1 aliphatic carbocycles. The van der Waals surface area contributed by atoms with Gasteiger partial charge in [-0.2, -0.15) is 4.58 Å². The Bertz CT molecular complexity index is 1080. The van der Waals surface area contributed by atoms with Crippen molar-refractivity contribution < 1.29 is 0 Å². The van der Waals surface area contributed by atoms with Crippen molar-refractivity contribution in [2.75, 3.05) is 0 Å². The first-order chi connectivity index (χ1) is 14.3. The monoisotopic (exact) mass is 1040 g/mol. The molecule has 0 spiro atoms. The van der Waals surface area contributed by atoms with Gasteiger partial charge in [0.25, 0.3) is 0 Å². The van der Waals surface area contributed by atoms with Crippen LogP contribution in [0.5, 0.6) is 0 Å². The normalized spacial score (nSPS) is 18.2. The van der Waals surface area contributed by atoms with E-state index in [1.807, 2.05) is 24.3 Å². The van der Waals surface area contributed by atoms with Gasteiger partial charge < -0.3 is 0 Å². The Balaban J connectivity index is 0.000000451. The fraction of sp³-hybridized carbons (Fsp3) is 0.0556. The van der Waals surface area contributed by atoms with Gasteiger partial charge in [0.1, 0.15) is 0 Å². The number of nitrogens with zero attached hydrogens (tertiary/aromatic N) is 1. The van der Waals surface area contributed by atoms with Gasteiger partial charge in [-0.1, -0.05) is 53.9 Å². The second kappa shape index (κ2) is 11.4. The van der Waals surface area contributed by atoms with E-state index < -0.39 is 9.14 Å². The molecule has 0 saturated carbocycles. The molecule has 0 amide bonds. The zero-order chi connectivity index (χ0) is 24.5. The molecule has 14 heteroatoms. The summed E-state index contributed by atoms with van der Waals surface area (Å²) in [5.41, 5.74) is 3.15. The number of benzene rings is 2. The van der Waals surface area contributed by atoms with Gasteiger partial charge in [0, 0.05) is 27.2 Å². The fourth-order valence-corrected chi connectivity index (χ4v) is 6.25. The van der Waals surface area contributed by atoms with Crippen molar-refractivity contribution in [2.45, 2.75) is 4.83 Å². The van der Waals surface area contributed by atoms with Gasteiger partial charge in [0.05, 0.1) is 18.3 Å². The predicted octanol–water partition coefficient (Wildman–Crippen LogP) is 12.4. The molecule has 1 atom stereocenters. The van der Waals surface area contributed by atoms with Gasteiger partial charge >= 0.3 is 62.1 Å². The maximum atomic E-state index is 5.06. The Morgan fingerprint density at radius 3 is 1.47 bits per heavy atom.